The minimum Gasteiger partial charge on any atom is -0.349 e. The van der Waals surface area contributed by atoms with Gasteiger partial charge in [-0.15, -0.1) is 0 Å². The average Bonchev–Trinajstić information content (AvgIpc) is 2.58. The number of carbonyl (C=O) groups is 1. The SMILES string of the molecule is CN(C)C(=O)CCNCc1ncn(C)n1. The van der Waals surface area contributed by atoms with Gasteiger partial charge in [0.1, 0.15) is 6.33 Å². The second kappa shape index (κ2) is 5.45. The van der Waals surface area contributed by atoms with Crippen LogP contribution in [-0.2, 0) is 18.4 Å². The molecule has 1 heterocycles. The van der Waals surface area contributed by atoms with Gasteiger partial charge in [0.05, 0.1) is 6.54 Å². The smallest absolute Gasteiger partial charge is 0.223 e. The van der Waals surface area contributed by atoms with Crippen LogP contribution in [0.1, 0.15) is 12.2 Å². The molecule has 0 saturated carbocycles. The first-order chi connectivity index (χ1) is 7.09. The molecule has 0 aliphatic rings. The normalized spacial score (nSPS) is 10.3. The molecule has 0 fully saturated rings. The predicted octanol–water partition coefficient (Wildman–Crippen LogP) is -0.617. The zero-order valence-electron chi connectivity index (χ0n) is 9.40. The van der Waals surface area contributed by atoms with Gasteiger partial charge in [-0.2, -0.15) is 5.10 Å². The zero-order chi connectivity index (χ0) is 11.3. The molecule has 1 aromatic heterocycles. The van der Waals surface area contributed by atoms with E-state index in [9.17, 15) is 4.79 Å². The molecule has 84 valence electrons. The van der Waals surface area contributed by atoms with Crippen molar-refractivity contribution in [3.63, 3.8) is 0 Å². The van der Waals surface area contributed by atoms with Gasteiger partial charge in [0.25, 0.3) is 0 Å². The number of hydrogen-bond donors (Lipinski definition) is 1. The molecule has 0 aromatic carbocycles. The Morgan fingerprint density at radius 1 is 1.60 bits per heavy atom. The molecule has 15 heavy (non-hydrogen) atoms. The number of aryl methyl sites for hydroxylation is 1. The molecule has 1 amide bonds. The van der Waals surface area contributed by atoms with E-state index < -0.39 is 0 Å². The van der Waals surface area contributed by atoms with Gasteiger partial charge >= 0.3 is 0 Å². The number of nitrogens with zero attached hydrogens (tertiary/aromatic N) is 4. The number of rotatable bonds is 5. The Hall–Kier alpha value is -1.43. The van der Waals surface area contributed by atoms with E-state index in [1.54, 1.807) is 30.0 Å². The minimum absolute atomic E-state index is 0.122. The summed E-state index contributed by atoms with van der Waals surface area (Å²) in [6, 6.07) is 0. The molecule has 0 aliphatic carbocycles. The van der Waals surface area contributed by atoms with Crippen LogP contribution in [0, 0.1) is 0 Å². The van der Waals surface area contributed by atoms with Gasteiger partial charge in [-0.05, 0) is 0 Å². The highest BCUT2D eigenvalue weighted by molar-refractivity contribution is 5.75. The van der Waals surface area contributed by atoms with E-state index in [-0.39, 0.29) is 5.91 Å². The molecule has 6 heteroatoms. The lowest BCUT2D eigenvalue weighted by atomic mass is 10.4. The lowest BCUT2D eigenvalue weighted by Gasteiger charge is -2.09. The molecular formula is C9H17N5O. The molecule has 6 nitrogen and oxygen atoms in total. The Labute approximate surface area is 89.3 Å². The fourth-order valence-corrected chi connectivity index (χ4v) is 1.08. The molecule has 0 spiro atoms. The van der Waals surface area contributed by atoms with Crippen molar-refractivity contribution in [1.82, 2.24) is 25.0 Å². The molecular weight excluding hydrogens is 194 g/mol. The van der Waals surface area contributed by atoms with Crippen LogP contribution in [0.3, 0.4) is 0 Å². The van der Waals surface area contributed by atoms with Crippen molar-refractivity contribution in [1.29, 1.82) is 0 Å². The van der Waals surface area contributed by atoms with Crippen molar-refractivity contribution in [3.8, 4) is 0 Å². The fourth-order valence-electron chi connectivity index (χ4n) is 1.08. The first kappa shape index (κ1) is 11.6. The first-order valence-electron chi connectivity index (χ1n) is 4.85. The highest BCUT2D eigenvalue weighted by Gasteiger charge is 2.03. The summed E-state index contributed by atoms with van der Waals surface area (Å²) < 4.78 is 1.65. The molecule has 0 atom stereocenters. The largest absolute Gasteiger partial charge is 0.349 e. The Morgan fingerprint density at radius 2 is 2.33 bits per heavy atom. The van der Waals surface area contributed by atoms with Crippen molar-refractivity contribution >= 4 is 5.91 Å². The van der Waals surface area contributed by atoms with Gasteiger partial charge in [-0.3, -0.25) is 9.48 Å². The number of aromatic nitrogens is 3. The maximum atomic E-state index is 11.2. The van der Waals surface area contributed by atoms with E-state index in [2.05, 4.69) is 15.4 Å². The molecule has 0 unspecified atom stereocenters. The van der Waals surface area contributed by atoms with Crippen molar-refractivity contribution in [3.05, 3.63) is 12.2 Å². The Balaban J connectivity index is 2.15. The summed E-state index contributed by atoms with van der Waals surface area (Å²) in [6.45, 7) is 1.25. The van der Waals surface area contributed by atoms with Crippen LogP contribution in [0.2, 0.25) is 0 Å². The van der Waals surface area contributed by atoms with E-state index in [4.69, 9.17) is 0 Å². The zero-order valence-corrected chi connectivity index (χ0v) is 9.40. The maximum Gasteiger partial charge on any atom is 0.223 e. The van der Waals surface area contributed by atoms with E-state index in [0.29, 0.717) is 19.5 Å². The number of hydrogen-bond acceptors (Lipinski definition) is 4. The third kappa shape index (κ3) is 4.07. The Bertz CT molecular complexity index is 320. The monoisotopic (exact) mass is 211 g/mol. The Morgan fingerprint density at radius 3 is 2.87 bits per heavy atom. The van der Waals surface area contributed by atoms with Gasteiger partial charge in [0.15, 0.2) is 5.82 Å². The van der Waals surface area contributed by atoms with Crippen LogP contribution in [0.4, 0.5) is 0 Å². The highest BCUT2D eigenvalue weighted by atomic mass is 16.2. The van der Waals surface area contributed by atoms with Crippen LogP contribution in [-0.4, -0.2) is 46.2 Å². The summed E-state index contributed by atoms with van der Waals surface area (Å²) in [5.41, 5.74) is 0. The summed E-state index contributed by atoms with van der Waals surface area (Å²) in [6.07, 6.45) is 2.15. The molecule has 1 N–H and O–H groups in total. The Kier molecular flexibility index (Phi) is 4.23. The lowest BCUT2D eigenvalue weighted by Crippen LogP contribution is -2.26. The summed E-state index contributed by atoms with van der Waals surface area (Å²) in [4.78, 5) is 16.9. The van der Waals surface area contributed by atoms with Crippen molar-refractivity contribution in [2.75, 3.05) is 20.6 Å². The van der Waals surface area contributed by atoms with E-state index >= 15 is 0 Å². The van der Waals surface area contributed by atoms with E-state index in [1.807, 2.05) is 7.05 Å². The highest BCUT2D eigenvalue weighted by Crippen LogP contribution is 1.88. The van der Waals surface area contributed by atoms with Gasteiger partial charge in [0.2, 0.25) is 5.91 Å². The fraction of sp³-hybridized carbons (Fsp3) is 0.667. The molecule has 1 rings (SSSR count). The van der Waals surface area contributed by atoms with Gasteiger partial charge in [-0.25, -0.2) is 4.98 Å². The summed E-state index contributed by atoms with van der Waals surface area (Å²) in [7, 11) is 5.33. The molecule has 0 bridgehead atoms. The number of amides is 1. The first-order valence-corrected chi connectivity index (χ1v) is 4.85. The molecule has 1 aromatic rings. The van der Waals surface area contributed by atoms with Gasteiger partial charge in [0, 0.05) is 34.1 Å². The summed E-state index contributed by atoms with van der Waals surface area (Å²) in [5.74, 6) is 0.867. The standard InChI is InChI=1S/C9H17N5O/c1-13(2)9(15)4-5-10-6-8-11-7-14(3)12-8/h7,10H,4-6H2,1-3H3. The van der Waals surface area contributed by atoms with Crippen LogP contribution in [0.5, 0.6) is 0 Å². The number of carbonyl (C=O) groups excluding carboxylic acids is 1. The summed E-state index contributed by atoms with van der Waals surface area (Å²) >= 11 is 0. The van der Waals surface area contributed by atoms with Crippen molar-refractivity contribution < 1.29 is 4.79 Å². The van der Waals surface area contributed by atoms with Crippen molar-refractivity contribution in [2.24, 2.45) is 7.05 Å². The van der Waals surface area contributed by atoms with Gasteiger partial charge in [-0.1, -0.05) is 0 Å². The lowest BCUT2D eigenvalue weighted by molar-refractivity contribution is -0.128. The van der Waals surface area contributed by atoms with Crippen LogP contribution in [0.25, 0.3) is 0 Å². The second-order valence-corrected chi connectivity index (χ2v) is 3.55. The maximum absolute atomic E-state index is 11.2. The number of nitrogens with one attached hydrogen (secondary N) is 1. The quantitative estimate of drug-likeness (QED) is 0.659. The van der Waals surface area contributed by atoms with Crippen LogP contribution < -0.4 is 5.32 Å². The minimum atomic E-state index is 0.122. The van der Waals surface area contributed by atoms with Crippen LogP contribution in [0.15, 0.2) is 6.33 Å². The molecule has 0 saturated heterocycles. The third-order valence-electron chi connectivity index (χ3n) is 1.94. The van der Waals surface area contributed by atoms with E-state index in [0.717, 1.165) is 5.82 Å². The topological polar surface area (TPSA) is 63.1 Å². The molecule has 0 radical (unpaired) electrons. The molecule has 0 aliphatic heterocycles. The summed E-state index contributed by atoms with van der Waals surface area (Å²) in [5, 5.41) is 7.23. The third-order valence-corrected chi connectivity index (χ3v) is 1.94. The van der Waals surface area contributed by atoms with Crippen molar-refractivity contribution in [2.45, 2.75) is 13.0 Å². The van der Waals surface area contributed by atoms with Gasteiger partial charge < -0.3 is 10.2 Å². The average molecular weight is 211 g/mol. The van der Waals surface area contributed by atoms with Crippen LogP contribution >= 0.6 is 0 Å². The predicted molar refractivity (Wildman–Crippen MR) is 56.0 cm³/mol. The second-order valence-electron chi connectivity index (χ2n) is 3.55. The van der Waals surface area contributed by atoms with E-state index in [1.165, 1.54) is 0 Å².